The molecule has 0 radical (unpaired) electrons. The quantitative estimate of drug-likeness (QED) is 0.549. The Hall–Kier alpha value is -0.473. The number of aliphatic carboxylic acids is 1. The Morgan fingerprint density at radius 2 is 1.58 bits per heavy atom. The summed E-state index contributed by atoms with van der Waals surface area (Å²) >= 11 is 0. The van der Waals surface area contributed by atoms with Gasteiger partial charge >= 0.3 is 14.8 Å². The van der Waals surface area contributed by atoms with E-state index in [1.54, 1.807) is 11.9 Å². The van der Waals surface area contributed by atoms with E-state index in [9.17, 15) is 4.79 Å². The highest BCUT2D eigenvalue weighted by Gasteiger charge is 2.39. The topological polar surface area (TPSA) is 68.2 Å². The van der Waals surface area contributed by atoms with Crippen LogP contribution in [-0.4, -0.2) is 64.7 Å². The van der Waals surface area contributed by atoms with Gasteiger partial charge in [-0.05, 0) is 40.8 Å². The zero-order chi connectivity index (χ0) is 14.7. The van der Waals surface area contributed by atoms with E-state index in [2.05, 4.69) is 0 Å². The van der Waals surface area contributed by atoms with E-state index in [1.165, 1.54) is 0 Å². The van der Waals surface area contributed by atoms with E-state index >= 15 is 0 Å². The fraction of sp³-hybridized carbons (Fsp3) is 0.917. The summed E-state index contributed by atoms with van der Waals surface area (Å²) in [5.41, 5.74) is 0. The van der Waals surface area contributed by atoms with Crippen molar-refractivity contribution in [3.8, 4) is 0 Å². The van der Waals surface area contributed by atoms with Gasteiger partial charge in [-0.15, -0.1) is 0 Å². The molecule has 6 nitrogen and oxygen atoms in total. The van der Waals surface area contributed by atoms with Crippen LogP contribution in [0.5, 0.6) is 0 Å². The molecular formula is C12H27NO5Si. The molecule has 0 rings (SSSR count). The highest BCUT2D eigenvalue weighted by molar-refractivity contribution is 6.60. The van der Waals surface area contributed by atoms with Crippen molar-refractivity contribution < 1.29 is 23.2 Å². The molecule has 0 aromatic carbocycles. The Labute approximate surface area is 117 Å². The maximum Gasteiger partial charge on any atom is 0.500 e. The molecule has 0 aliphatic carbocycles. The highest BCUT2D eigenvalue weighted by Crippen LogP contribution is 2.18. The van der Waals surface area contributed by atoms with Gasteiger partial charge in [-0.3, -0.25) is 9.69 Å². The molecule has 0 aromatic rings. The van der Waals surface area contributed by atoms with Gasteiger partial charge in [-0.25, -0.2) is 0 Å². The molecule has 0 aromatic heterocycles. The van der Waals surface area contributed by atoms with Crippen LogP contribution in [0, 0.1) is 0 Å². The minimum atomic E-state index is -2.58. The van der Waals surface area contributed by atoms with Crippen LogP contribution >= 0.6 is 0 Å². The molecule has 0 bridgehead atoms. The number of likely N-dealkylation sites (N-methyl/N-ethyl adjacent to an activating group) is 1. The average Bonchev–Trinajstić information content (AvgIpc) is 2.28. The van der Waals surface area contributed by atoms with Crippen molar-refractivity contribution in [1.29, 1.82) is 0 Å². The average molecular weight is 293 g/mol. The highest BCUT2D eigenvalue weighted by atomic mass is 28.4. The molecule has 0 atom stereocenters. The van der Waals surface area contributed by atoms with Crippen molar-refractivity contribution in [2.75, 3.05) is 40.0 Å². The molecule has 7 heteroatoms. The SMILES string of the molecule is CCO[Si](CCCN(C)CC(=O)O)(OCC)OCC. The second kappa shape index (κ2) is 10.3. The Balaban J connectivity index is 4.26. The van der Waals surface area contributed by atoms with Crippen LogP contribution in [0.4, 0.5) is 0 Å². The van der Waals surface area contributed by atoms with E-state index in [1.807, 2.05) is 20.8 Å². The monoisotopic (exact) mass is 293 g/mol. The Bertz CT molecular complexity index is 235. The maximum absolute atomic E-state index is 10.6. The van der Waals surface area contributed by atoms with Gasteiger partial charge in [0.1, 0.15) is 0 Å². The third-order valence-corrected chi connectivity index (χ3v) is 5.67. The molecule has 0 unspecified atom stereocenters. The first kappa shape index (κ1) is 18.5. The molecule has 0 saturated carbocycles. The number of rotatable bonds is 12. The predicted octanol–water partition coefficient (Wildman–Crippen LogP) is 1.44. The van der Waals surface area contributed by atoms with Gasteiger partial charge in [0.2, 0.25) is 0 Å². The predicted molar refractivity (Wildman–Crippen MR) is 75.2 cm³/mol. The third kappa shape index (κ3) is 8.33. The second-order valence-corrected chi connectivity index (χ2v) is 6.95. The molecule has 0 saturated heterocycles. The van der Waals surface area contributed by atoms with Crippen molar-refractivity contribution in [1.82, 2.24) is 4.90 Å². The smallest absolute Gasteiger partial charge is 0.480 e. The molecule has 0 spiro atoms. The van der Waals surface area contributed by atoms with Gasteiger partial charge < -0.3 is 18.4 Å². The second-order valence-electron chi connectivity index (χ2n) is 4.22. The Morgan fingerprint density at radius 1 is 1.11 bits per heavy atom. The molecule has 1 N–H and O–H groups in total. The van der Waals surface area contributed by atoms with E-state index < -0.39 is 14.8 Å². The van der Waals surface area contributed by atoms with Crippen LogP contribution in [0.1, 0.15) is 27.2 Å². The number of carbonyl (C=O) groups is 1. The molecule has 0 amide bonds. The van der Waals surface area contributed by atoms with Crippen molar-refractivity contribution in [3.63, 3.8) is 0 Å². The lowest BCUT2D eigenvalue weighted by Crippen LogP contribution is -2.46. The van der Waals surface area contributed by atoms with Crippen LogP contribution in [0.25, 0.3) is 0 Å². The van der Waals surface area contributed by atoms with Gasteiger partial charge in [0, 0.05) is 25.9 Å². The van der Waals surface area contributed by atoms with Crippen LogP contribution < -0.4 is 0 Å². The van der Waals surface area contributed by atoms with Gasteiger partial charge in [-0.2, -0.15) is 0 Å². The fourth-order valence-electron chi connectivity index (χ4n) is 1.88. The summed E-state index contributed by atoms with van der Waals surface area (Å²) < 4.78 is 17.2. The summed E-state index contributed by atoms with van der Waals surface area (Å²) in [6, 6.07) is 0.715. The molecule has 0 heterocycles. The number of hydrogen-bond acceptors (Lipinski definition) is 5. The van der Waals surface area contributed by atoms with Gasteiger partial charge in [0.05, 0.1) is 6.54 Å². The summed E-state index contributed by atoms with van der Waals surface area (Å²) in [5.74, 6) is -0.814. The standard InChI is InChI=1S/C12H27NO5Si/c1-5-16-19(17-6-2,18-7-3)10-8-9-13(4)11-12(14)15/h5-11H2,1-4H3,(H,14,15). The van der Waals surface area contributed by atoms with Crippen molar-refractivity contribution in [2.24, 2.45) is 0 Å². The minimum absolute atomic E-state index is 0.0481. The zero-order valence-electron chi connectivity index (χ0n) is 12.5. The summed E-state index contributed by atoms with van der Waals surface area (Å²) in [6.45, 7) is 8.22. The first-order valence-corrected chi connectivity index (χ1v) is 8.75. The maximum atomic E-state index is 10.6. The first-order chi connectivity index (χ1) is 8.99. The molecule has 0 aliphatic heterocycles. The van der Waals surface area contributed by atoms with Crippen LogP contribution in [0.15, 0.2) is 0 Å². The fourth-order valence-corrected chi connectivity index (χ4v) is 4.47. The molecule has 0 aliphatic rings. The first-order valence-electron chi connectivity index (χ1n) is 6.81. The van der Waals surface area contributed by atoms with Gasteiger partial charge in [0.25, 0.3) is 0 Å². The van der Waals surface area contributed by atoms with Crippen molar-refractivity contribution in [3.05, 3.63) is 0 Å². The summed E-state index contributed by atoms with van der Waals surface area (Å²) in [7, 11) is -0.785. The lowest BCUT2D eigenvalue weighted by atomic mass is 10.4. The van der Waals surface area contributed by atoms with E-state index in [4.69, 9.17) is 18.4 Å². The van der Waals surface area contributed by atoms with E-state index in [0.29, 0.717) is 32.4 Å². The number of carboxylic acids is 1. The van der Waals surface area contributed by atoms with Crippen LogP contribution in [0.3, 0.4) is 0 Å². The summed E-state index contributed by atoms with van der Waals surface area (Å²) in [6.07, 6.45) is 0.802. The lowest BCUT2D eigenvalue weighted by Gasteiger charge is -2.29. The Morgan fingerprint density at radius 3 is 1.95 bits per heavy atom. The van der Waals surface area contributed by atoms with E-state index in [-0.39, 0.29) is 6.54 Å². The van der Waals surface area contributed by atoms with Crippen LogP contribution in [0.2, 0.25) is 6.04 Å². The third-order valence-electron chi connectivity index (χ3n) is 2.52. The summed E-state index contributed by atoms with van der Waals surface area (Å²) in [5, 5.41) is 8.69. The van der Waals surface area contributed by atoms with Crippen LogP contribution in [-0.2, 0) is 18.1 Å². The van der Waals surface area contributed by atoms with Gasteiger partial charge in [-0.1, -0.05) is 0 Å². The molecule has 114 valence electrons. The zero-order valence-corrected chi connectivity index (χ0v) is 13.5. The lowest BCUT2D eigenvalue weighted by molar-refractivity contribution is -0.137. The number of hydrogen-bond donors (Lipinski definition) is 1. The van der Waals surface area contributed by atoms with E-state index in [0.717, 1.165) is 6.42 Å². The van der Waals surface area contributed by atoms with Crippen molar-refractivity contribution >= 4 is 14.8 Å². The minimum Gasteiger partial charge on any atom is -0.480 e. The molecular weight excluding hydrogens is 266 g/mol. The Kier molecular flexibility index (Phi) is 10.1. The normalized spacial score (nSPS) is 12.1. The number of nitrogens with zero attached hydrogens (tertiary/aromatic N) is 1. The molecule has 0 fully saturated rings. The summed E-state index contributed by atoms with van der Waals surface area (Å²) in [4.78, 5) is 12.3. The van der Waals surface area contributed by atoms with Gasteiger partial charge in [0.15, 0.2) is 0 Å². The number of carboxylic acid groups (broad SMARTS) is 1. The molecule has 19 heavy (non-hydrogen) atoms. The van der Waals surface area contributed by atoms with Crippen molar-refractivity contribution in [2.45, 2.75) is 33.2 Å². The largest absolute Gasteiger partial charge is 0.500 e.